The van der Waals surface area contributed by atoms with Crippen LogP contribution in [0.3, 0.4) is 0 Å². The Morgan fingerprint density at radius 3 is 2.56 bits per heavy atom. The molecule has 0 amide bonds. The number of carboxylic acids is 1. The van der Waals surface area contributed by atoms with Crippen molar-refractivity contribution >= 4 is 17.3 Å². The molecular formula is C30H41FN2O6. The predicted molar refractivity (Wildman–Crippen MR) is 149 cm³/mol. The summed E-state index contributed by atoms with van der Waals surface area (Å²) in [6, 6.07) is 12.7. The van der Waals surface area contributed by atoms with Crippen molar-refractivity contribution < 1.29 is 33.2 Å². The summed E-state index contributed by atoms with van der Waals surface area (Å²) < 4.78 is 37.6. The van der Waals surface area contributed by atoms with Gasteiger partial charge in [0.1, 0.15) is 23.4 Å². The first-order chi connectivity index (χ1) is 18.9. The van der Waals surface area contributed by atoms with E-state index in [1.807, 2.05) is 31.2 Å². The Bertz CT molecular complexity index is 1070. The first-order valence-electron chi connectivity index (χ1n) is 13.9. The molecule has 0 aliphatic carbocycles. The van der Waals surface area contributed by atoms with E-state index in [-0.39, 0.29) is 36.4 Å². The minimum Gasteiger partial charge on any atom is -0.494 e. The first-order valence-corrected chi connectivity index (χ1v) is 13.9. The first kappa shape index (κ1) is 29.0. The van der Waals surface area contributed by atoms with E-state index in [4.69, 9.17) is 18.9 Å². The summed E-state index contributed by atoms with van der Waals surface area (Å²) in [6.07, 6.45) is 2.35. The fourth-order valence-electron chi connectivity index (χ4n) is 5.56. The lowest BCUT2D eigenvalue weighted by atomic mass is 9.95. The maximum Gasteiger partial charge on any atom is 0.305 e. The van der Waals surface area contributed by atoms with Gasteiger partial charge in [-0.15, -0.1) is 0 Å². The zero-order chi connectivity index (χ0) is 27.8. The molecule has 0 aromatic heterocycles. The smallest absolute Gasteiger partial charge is 0.305 e. The number of benzene rings is 2. The molecule has 2 saturated heterocycles. The fourth-order valence-corrected chi connectivity index (χ4v) is 5.56. The summed E-state index contributed by atoms with van der Waals surface area (Å²) in [5.41, 5.74) is 1.53. The quantitative estimate of drug-likeness (QED) is 0.353. The fraction of sp³-hybridized carbons (Fsp3) is 0.567. The number of carboxylic acid groups (broad SMARTS) is 1. The van der Waals surface area contributed by atoms with Crippen molar-refractivity contribution in [2.75, 3.05) is 56.4 Å². The second kappa shape index (κ2) is 13.8. The third kappa shape index (κ3) is 7.76. The minimum absolute atomic E-state index is 0.00719. The van der Waals surface area contributed by atoms with Crippen LogP contribution in [-0.2, 0) is 14.3 Å². The number of anilines is 2. The van der Waals surface area contributed by atoms with Crippen molar-refractivity contribution in [3.05, 3.63) is 48.3 Å². The summed E-state index contributed by atoms with van der Waals surface area (Å²) >= 11 is 0. The molecule has 0 radical (unpaired) electrons. The van der Waals surface area contributed by atoms with Crippen LogP contribution in [0.5, 0.6) is 11.5 Å². The lowest BCUT2D eigenvalue weighted by molar-refractivity contribution is -0.137. The van der Waals surface area contributed by atoms with E-state index < -0.39 is 5.97 Å². The van der Waals surface area contributed by atoms with Gasteiger partial charge in [-0.05, 0) is 56.2 Å². The van der Waals surface area contributed by atoms with E-state index in [1.54, 1.807) is 19.2 Å². The monoisotopic (exact) mass is 544 g/mol. The van der Waals surface area contributed by atoms with Gasteiger partial charge in [-0.1, -0.05) is 6.92 Å². The molecule has 0 spiro atoms. The van der Waals surface area contributed by atoms with Gasteiger partial charge in [0.15, 0.2) is 0 Å². The molecule has 214 valence electrons. The van der Waals surface area contributed by atoms with Gasteiger partial charge in [-0.25, -0.2) is 4.39 Å². The Balaban J connectivity index is 1.34. The van der Waals surface area contributed by atoms with Crippen LogP contribution in [0.2, 0.25) is 0 Å². The van der Waals surface area contributed by atoms with Crippen LogP contribution in [0.15, 0.2) is 42.5 Å². The van der Waals surface area contributed by atoms with Gasteiger partial charge >= 0.3 is 5.97 Å². The van der Waals surface area contributed by atoms with Crippen LogP contribution in [0.25, 0.3) is 0 Å². The summed E-state index contributed by atoms with van der Waals surface area (Å²) in [7, 11) is 1.67. The molecule has 2 aromatic rings. The normalized spacial score (nSPS) is 23.2. The Morgan fingerprint density at radius 2 is 1.87 bits per heavy atom. The zero-order valence-electron chi connectivity index (χ0n) is 23.2. The molecule has 2 fully saturated rings. The number of carbonyl (C=O) groups is 1. The van der Waals surface area contributed by atoms with Gasteiger partial charge < -0.3 is 33.9 Å². The number of ether oxygens (including phenoxy) is 4. The van der Waals surface area contributed by atoms with E-state index >= 15 is 0 Å². The molecule has 2 aromatic carbocycles. The highest BCUT2D eigenvalue weighted by Crippen LogP contribution is 2.33. The molecule has 2 aliphatic heterocycles. The van der Waals surface area contributed by atoms with Crippen molar-refractivity contribution in [1.29, 1.82) is 0 Å². The molecular weight excluding hydrogens is 503 g/mol. The molecule has 0 saturated carbocycles. The van der Waals surface area contributed by atoms with Crippen LogP contribution in [0, 0.1) is 11.7 Å². The average Bonchev–Trinajstić information content (AvgIpc) is 3.31. The maximum atomic E-state index is 14.6. The molecule has 39 heavy (non-hydrogen) atoms. The summed E-state index contributed by atoms with van der Waals surface area (Å²) in [5, 5.41) is 9.43. The largest absolute Gasteiger partial charge is 0.494 e. The highest BCUT2D eigenvalue weighted by molar-refractivity contribution is 5.69. The molecule has 4 atom stereocenters. The molecule has 1 N–H and O–H groups in total. The lowest BCUT2D eigenvalue weighted by Gasteiger charge is -2.38. The summed E-state index contributed by atoms with van der Waals surface area (Å²) in [6.45, 7) is 7.85. The Kier molecular flexibility index (Phi) is 10.3. The molecule has 2 aliphatic rings. The van der Waals surface area contributed by atoms with E-state index in [9.17, 15) is 14.3 Å². The number of hydrogen-bond donors (Lipinski definition) is 1. The molecule has 9 heteroatoms. The molecule has 0 bridgehead atoms. The molecule has 2 heterocycles. The third-order valence-corrected chi connectivity index (χ3v) is 7.48. The number of nitrogens with zero attached hydrogens (tertiary/aromatic N) is 2. The van der Waals surface area contributed by atoms with Crippen LogP contribution < -0.4 is 19.3 Å². The van der Waals surface area contributed by atoms with Crippen LogP contribution in [-0.4, -0.2) is 75.9 Å². The van der Waals surface area contributed by atoms with Crippen LogP contribution in [0.4, 0.5) is 15.8 Å². The van der Waals surface area contributed by atoms with Crippen molar-refractivity contribution in [2.24, 2.45) is 5.92 Å². The second-order valence-corrected chi connectivity index (χ2v) is 10.4. The highest BCUT2D eigenvalue weighted by atomic mass is 19.1. The number of halogens is 1. The molecule has 4 rings (SSSR count). The SMILES string of the molecule is CCOc1ccc(F)c(N2CCC(Oc3ccc(N4C[C@H](OCCCOC)C[C@@H]4CC(=O)O)cc3)C(C)C2)c1. The van der Waals surface area contributed by atoms with Gasteiger partial charge in [0.05, 0.1) is 24.8 Å². The Morgan fingerprint density at radius 1 is 1.10 bits per heavy atom. The number of rotatable bonds is 13. The van der Waals surface area contributed by atoms with Gasteiger partial charge in [0.2, 0.25) is 0 Å². The summed E-state index contributed by atoms with van der Waals surface area (Å²) in [4.78, 5) is 15.7. The van der Waals surface area contributed by atoms with Crippen LogP contribution in [0.1, 0.15) is 39.5 Å². The van der Waals surface area contributed by atoms with Crippen molar-refractivity contribution in [2.45, 2.75) is 57.8 Å². The second-order valence-electron chi connectivity index (χ2n) is 10.4. The molecule has 8 nitrogen and oxygen atoms in total. The minimum atomic E-state index is -0.810. The van der Waals surface area contributed by atoms with Crippen molar-refractivity contribution in [3.63, 3.8) is 0 Å². The molecule has 2 unspecified atom stereocenters. The van der Waals surface area contributed by atoms with Gasteiger partial charge in [-0.3, -0.25) is 4.79 Å². The van der Waals surface area contributed by atoms with Gasteiger partial charge in [0.25, 0.3) is 0 Å². The lowest BCUT2D eigenvalue weighted by Crippen LogP contribution is -2.44. The Labute approximate surface area is 230 Å². The van der Waals surface area contributed by atoms with Gasteiger partial charge in [-0.2, -0.15) is 0 Å². The average molecular weight is 545 g/mol. The zero-order valence-corrected chi connectivity index (χ0v) is 23.2. The Hall–Kier alpha value is -3.04. The van der Waals surface area contributed by atoms with Crippen molar-refractivity contribution in [3.8, 4) is 11.5 Å². The number of piperidine rings is 1. The standard InChI is InChI=1S/C30H41FN2O6/c1-4-37-25-10-11-27(31)28(18-25)32-13-12-29(21(2)19-32)39-24-8-6-22(7-9-24)33-20-26(38-15-5-14-36-3)16-23(33)17-30(34)35/h6-11,18,21,23,26,29H,4-5,12-17,19-20H2,1-3H3,(H,34,35)/t21?,23-,26-,29?/m1/s1. The topological polar surface area (TPSA) is 80.7 Å². The van der Waals surface area contributed by atoms with Crippen molar-refractivity contribution in [1.82, 2.24) is 0 Å². The van der Waals surface area contributed by atoms with Gasteiger partial charge in [0, 0.05) is 70.1 Å². The van der Waals surface area contributed by atoms with E-state index in [2.05, 4.69) is 16.7 Å². The predicted octanol–water partition coefficient (Wildman–Crippen LogP) is 4.99. The van der Waals surface area contributed by atoms with E-state index in [0.29, 0.717) is 57.3 Å². The maximum absolute atomic E-state index is 14.6. The number of aliphatic carboxylic acids is 1. The number of methoxy groups -OCH3 is 1. The van der Waals surface area contributed by atoms with E-state index in [0.717, 1.165) is 24.3 Å². The van der Waals surface area contributed by atoms with Crippen LogP contribution >= 0.6 is 0 Å². The number of hydrogen-bond acceptors (Lipinski definition) is 7. The van der Waals surface area contributed by atoms with E-state index in [1.165, 1.54) is 6.07 Å². The summed E-state index contributed by atoms with van der Waals surface area (Å²) in [5.74, 6) is 0.590. The highest BCUT2D eigenvalue weighted by Gasteiger charge is 2.34. The third-order valence-electron chi connectivity index (χ3n) is 7.48.